The van der Waals surface area contributed by atoms with Gasteiger partial charge < -0.3 is 5.11 Å². The van der Waals surface area contributed by atoms with Crippen LogP contribution in [0, 0.1) is 6.92 Å². The summed E-state index contributed by atoms with van der Waals surface area (Å²) in [7, 11) is 0. The van der Waals surface area contributed by atoms with Crippen LogP contribution >= 0.6 is 0 Å². The summed E-state index contributed by atoms with van der Waals surface area (Å²) in [6, 6.07) is 3.96. The van der Waals surface area contributed by atoms with E-state index in [9.17, 15) is 0 Å². The van der Waals surface area contributed by atoms with E-state index in [1.165, 1.54) is 0 Å². The second-order valence-electron chi connectivity index (χ2n) is 2.84. The number of nitrogens with zero attached hydrogens (tertiary/aromatic N) is 1. The van der Waals surface area contributed by atoms with Gasteiger partial charge in [-0.15, -0.1) is 0 Å². The molecule has 0 spiro atoms. The summed E-state index contributed by atoms with van der Waals surface area (Å²) in [5.41, 5.74) is 2.11. The van der Waals surface area contributed by atoms with Crippen LogP contribution in [0.2, 0.25) is 0 Å². The molecule has 2 heteroatoms. The summed E-state index contributed by atoms with van der Waals surface area (Å²) in [6.07, 6.45) is 1.82. The molecule has 0 saturated heterocycles. The van der Waals surface area contributed by atoms with Crippen LogP contribution in [0.3, 0.4) is 0 Å². The Bertz CT molecular complexity index is 218. The van der Waals surface area contributed by atoms with Crippen LogP contribution in [-0.2, 0) is 0 Å². The SMILES string of the molecule is Cc1ccc(C(C)CO)nc1. The molecule has 1 rings (SSSR count). The first kappa shape index (κ1) is 8.21. The van der Waals surface area contributed by atoms with Gasteiger partial charge in [-0.1, -0.05) is 13.0 Å². The number of hydrogen-bond acceptors (Lipinski definition) is 2. The molecule has 1 atom stereocenters. The highest BCUT2D eigenvalue weighted by atomic mass is 16.3. The van der Waals surface area contributed by atoms with Gasteiger partial charge in [0.25, 0.3) is 0 Å². The minimum atomic E-state index is 0.149. The molecule has 0 aliphatic heterocycles. The molecule has 0 saturated carbocycles. The van der Waals surface area contributed by atoms with Crippen molar-refractivity contribution in [2.75, 3.05) is 6.61 Å². The molecule has 1 heterocycles. The van der Waals surface area contributed by atoms with Crippen molar-refractivity contribution in [1.29, 1.82) is 0 Å². The smallest absolute Gasteiger partial charge is 0.0512 e. The second kappa shape index (κ2) is 3.49. The average Bonchev–Trinajstić information content (AvgIpc) is 2.05. The molecule has 0 amide bonds. The maximum Gasteiger partial charge on any atom is 0.0512 e. The molecule has 0 fully saturated rings. The Balaban J connectivity index is 2.81. The Morgan fingerprint density at radius 2 is 2.27 bits per heavy atom. The lowest BCUT2D eigenvalue weighted by Gasteiger charge is -2.05. The third-order valence-corrected chi connectivity index (χ3v) is 1.71. The molecule has 1 unspecified atom stereocenters. The number of aliphatic hydroxyl groups excluding tert-OH is 1. The molecule has 0 aromatic carbocycles. The zero-order valence-corrected chi connectivity index (χ0v) is 6.91. The topological polar surface area (TPSA) is 33.1 Å². The molecular formula is C9H13NO. The monoisotopic (exact) mass is 151 g/mol. The Morgan fingerprint density at radius 1 is 1.55 bits per heavy atom. The largest absolute Gasteiger partial charge is 0.396 e. The van der Waals surface area contributed by atoms with Crippen LogP contribution in [-0.4, -0.2) is 16.7 Å². The normalized spacial score (nSPS) is 13.0. The van der Waals surface area contributed by atoms with E-state index in [1.54, 1.807) is 0 Å². The quantitative estimate of drug-likeness (QED) is 0.694. The van der Waals surface area contributed by atoms with E-state index in [4.69, 9.17) is 5.11 Å². The number of pyridine rings is 1. The van der Waals surface area contributed by atoms with Crippen LogP contribution in [0.15, 0.2) is 18.3 Å². The van der Waals surface area contributed by atoms with E-state index in [0.717, 1.165) is 11.3 Å². The minimum Gasteiger partial charge on any atom is -0.396 e. The van der Waals surface area contributed by atoms with E-state index in [2.05, 4.69) is 4.98 Å². The van der Waals surface area contributed by atoms with Gasteiger partial charge in [-0.05, 0) is 18.6 Å². The summed E-state index contributed by atoms with van der Waals surface area (Å²) >= 11 is 0. The van der Waals surface area contributed by atoms with E-state index in [-0.39, 0.29) is 12.5 Å². The molecule has 1 aromatic heterocycles. The molecule has 0 radical (unpaired) electrons. The van der Waals surface area contributed by atoms with Gasteiger partial charge in [-0.2, -0.15) is 0 Å². The van der Waals surface area contributed by atoms with Crippen molar-refractivity contribution in [2.24, 2.45) is 0 Å². The lowest BCUT2D eigenvalue weighted by molar-refractivity contribution is 0.271. The zero-order valence-electron chi connectivity index (χ0n) is 6.91. The first-order chi connectivity index (χ1) is 5.24. The Morgan fingerprint density at radius 3 is 2.73 bits per heavy atom. The molecule has 0 aliphatic carbocycles. The highest BCUT2D eigenvalue weighted by Crippen LogP contribution is 2.10. The van der Waals surface area contributed by atoms with Crippen LogP contribution in [0.5, 0.6) is 0 Å². The van der Waals surface area contributed by atoms with Crippen molar-refractivity contribution in [3.63, 3.8) is 0 Å². The number of aliphatic hydroxyl groups is 1. The third-order valence-electron chi connectivity index (χ3n) is 1.71. The molecule has 60 valence electrons. The second-order valence-corrected chi connectivity index (χ2v) is 2.84. The Hall–Kier alpha value is -0.890. The Kier molecular flexibility index (Phi) is 2.60. The highest BCUT2D eigenvalue weighted by Gasteiger charge is 2.03. The zero-order chi connectivity index (χ0) is 8.27. The van der Waals surface area contributed by atoms with Crippen molar-refractivity contribution in [3.8, 4) is 0 Å². The number of rotatable bonds is 2. The van der Waals surface area contributed by atoms with E-state index in [0.29, 0.717) is 0 Å². The van der Waals surface area contributed by atoms with Crippen LogP contribution in [0.25, 0.3) is 0 Å². The van der Waals surface area contributed by atoms with Gasteiger partial charge in [0.2, 0.25) is 0 Å². The fourth-order valence-electron chi connectivity index (χ4n) is 0.864. The van der Waals surface area contributed by atoms with Crippen molar-refractivity contribution in [1.82, 2.24) is 4.98 Å². The average molecular weight is 151 g/mol. The molecule has 11 heavy (non-hydrogen) atoms. The van der Waals surface area contributed by atoms with Crippen LogP contribution in [0.4, 0.5) is 0 Å². The summed E-state index contributed by atoms with van der Waals surface area (Å²) in [6.45, 7) is 4.12. The molecule has 0 bridgehead atoms. The number of aromatic nitrogens is 1. The summed E-state index contributed by atoms with van der Waals surface area (Å²) < 4.78 is 0. The standard InChI is InChI=1S/C9H13NO/c1-7-3-4-9(10-5-7)8(2)6-11/h3-5,8,11H,6H2,1-2H3. The lowest BCUT2D eigenvalue weighted by Crippen LogP contribution is -2.01. The van der Waals surface area contributed by atoms with Crippen molar-refractivity contribution in [2.45, 2.75) is 19.8 Å². The van der Waals surface area contributed by atoms with Crippen molar-refractivity contribution >= 4 is 0 Å². The van der Waals surface area contributed by atoms with E-state index < -0.39 is 0 Å². The molecule has 1 aromatic rings. The minimum absolute atomic E-state index is 0.149. The van der Waals surface area contributed by atoms with E-state index in [1.807, 2.05) is 32.2 Å². The van der Waals surface area contributed by atoms with Crippen LogP contribution < -0.4 is 0 Å². The number of aryl methyl sites for hydroxylation is 1. The van der Waals surface area contributed by atoms with Crippen molar-refractivity contribution < 1.29 is 5.11 Å². The molecule has 0 aliphatic rings. The molecule has 1 N–H and O–H groups in total. The summed E-state index contributed by atoms with van der Waals surface area (Å²) in [5.74, 6) is 0.149. The lowest BCUT2D eigenvalue weighted by atomic mass is 10.1. The maximum atomic E-state index is 8.82. The highest BCUT2D eigenvalue weighted by molar-refractivity contribution is 5.14. The fourth-order valence-corrected chi connectivity index (χ4v) is 0.864. The predicted octanol–water partition coefficient (Wildman–Crippen LogP) is 1.49. The first-order valence-electron chi connectivity index (χ1n) is 3.77. The summed E-state index contributed by atoms with van der Waals surface area (Å²) in [4.78, 5) is 4.19. The van der Waals surface area contributed by atoms with Gasteiger partial charge in [-0.3, -0.25) is 4.98 Å². The third kappa shape index (κ3) is 2.02. The van der Waals surface area contributed by atoms with Gasteiger partial charge in [0, 0.05) is 17.8 Å². The van der Waals surface area contributed by atoms with Gasteiger partial charge in [0.05, 0.1) is 6.61 Å². The Labute approximate surface area is 66.9 Å². The maximum absolute atomic E-state index is 8.82. The van der Waals surface area contributed by atoms with Gasteiger partial charge in [-0.25, -0.2) is 0 Å². The van der Waals surface area contributed by atoms with E-state index >= 15 is 0 Å². The van der Waals surface area contributed by atoms with Gasteiger partial charge >= 0.3 is 0 Å². The number of hydrogen-bond donors (Lipinski definition) is 1. The summed E-state index contributed by atoms with van der Waals surface area (Å²) in [5, 5.41) is 8.82. The molecule has 2 nitrogen and oxygen atoms in total. The van der Waals surface area contributed by atoms with Gasteiger partial charge in [0.1, 0.15) is 0 Å². The molecular weight excluding hydrogens is 138 g/mol. The van der Waals surface area contributed by atoms with Gasteiger partial charge in [0.15, 0.2) is 0 Å². The predicted molar refractivity (Wildman–Crippen MR) is 44.5 cm³/mol. The fraction of sp³-hybridized carbons (Fsp3) is 0.444. The van der Waals surface area contributed by atoms with Crippen molar-refractivity contribution in [3.05, 3.63) is 29.6 Å². The van der Waals surface area contributed by atoms with Crippen LogP contribution in [0.1, 0.15) is 24.1 Å². The first-order valence-corrected chi connectivity index (χ1v) is 3.77.